The topological polar surface area (TPSA) is 61.4 Å². The Morgan fingerprint density at radius 2 is 1.83 bits per heavy atom. The first kappa shape index (κ1) is 24.8. The van der Waals surface area contributed by atoms with Crippen molar-refractivity contribution in [1.82, 2.24) is 20.2 Å². The van der Waals surface area contributed by atoms with Gasteiger partial charge in [0.05, 0.1) is 5.92 Å². The van der Waals surface area contributed by atoms with E-state index in [0.717, 1.165) is 56.6 Å². The van der Waals surface area contributed by atoms with Crippen molar-refractivity contribution in [1.29, 1.82) is 0 Å². The molecule has 7 heteroatoms. The van der Waals surface area contributed by atoms with Crippen molar-refractivity contribution in [2.24, 2.45) is 5.92 Å². The Kier molecular flexibility index (Phi) is 8.79. The molecule has 2 heterocycles. The number of hydrogen-bond acceptors (Lipinski definition) is 5. The monoisotopic (exact) mass is 475 g/mol. The lowest BCUT2D eigenvalue weighted by Gasteiger charge is -2.32. The third-order valence-electron chi connectivity index (χ3n) is 6.54. The zero-order chi connectivity index (χ0) is 24.5. The van der Waals surface area contributed by atoms with E-state index in [2.05, 4.69) is 56.3 Å². The lowest BCUT2D eigenvalue weighted by molar-refractivity contribution is -0.125. The molecule has 2 aromatic carbocycles. The zero-order valence-corrected chi connectivity index (χ0v) is 20.4. The van der Waals surface area contributed by atoms with Crippen molar-refractivity contribution < 1.29 is 9.18 Å². The Labute approximate surface area is 207 Å². The minimum absolute atomic E-state index is 0.0595. The van der Waals surface area contributed by atoms with Crippen LogP contribution < -0.4 is 10.2 Å². The van der Waals surface area contributed by atoms with Crippen LogP contribution in [0, 0.1) is 11.7 Å². The molecule has 1 atom stereocenters. The molecule has 184 valence electrons. The predicted molar refractivity (Wildman–Crippen MR) is 137 cm³/mol. The number of carbonyl (C=O) groups excluding carboxylic acids is 1. The summed E-state index contributed by atoms with van der Waals surface area (Å²) < 4.78 is 13.2. The van der Waals surface area contributed by atoms with Crippen LogP contribution >= 0.6 is 0 Å². The molecule has 1 N–H and O–H groups in total. The van der Waals surface area contributed by atoms with Crippen LogP contribution in [0.3, 0.4) is 0 Å². The van der Waals surface area contributed by atoms with E-state index in [9.17, 15) is 9.18 Å². The van der Waals surface area contributed by atoms with Crippen molar-refractivity contribution in [3.8, 4) is 11.1 Å². The van der Waals surface area contributed by atoms with Crippen molar-refractivity contribution in [3.05, 3.63) is 78.4 Å². The maximum absolute atomic E-state index is 13.2. The number of piperidine rings is 1. The predicted octanol–water partition coefficient (Wildman–Crippen LogP) is 4.53. The Hall–Kier alpha value is -3.32. The second kappa shape index (κ2) is 12.4. The van der Waals surface area contributed by atoms with Crippen LogP contribution in [-0.2, 0) is 11.3 Å². The molecule has 0 aliphatic carbocycles. The second-order valence-corrected chi connectivity index (χ2v) is 9.06. The van der Waals surface area contributed by atoms with Gasteiger partial charge in [-0.05, 0) is 49.1 Å². The number of carbonyl (C=O) groups is 1. The number of nitrogens with one attached hydrogen (secondary N) is 1. The van der Waals surface area contributed by atoms with Crippen LogP contribution in [0.15, 0.2) is 67.0 Å². The van der Waals surface area contributed by atoms with Crippen molar-refractivity contribution in [3.63, 3.8) is 0 Å². The van der Waals surface area contributed by atoms with Crippen LogP contribution in [0.5, 0.6) is 0 Å². The molecule has 0 spiro atoms. The van der Waals surface area contributed by atoms with Gasteiger partial charge in [0.15, 0.2) is 0 Å². The SMILES string of the molecule is CCN(CCCNC(=O)[C@@H]1CCCN(c2ncc(-c3ccc(F)cc3)cn2)C1)Cc1ccccc1. The summed E-state index contributed by atoms with van der Waals surface area (Å²) in [6, 6.07) is 16.8. The molecule has 1 saturated heterocycles. The van der Waals surface area contributed by atoms with Gasteiger partial charge in [-0.15, -0.1) is 0 Å². The summed E-state index contributed by atoms with van der Waals surface area (Å²) >= 11 is 0. The molecule has 0 saturated carbocycles. The summed E-state index contributed by atoms with van der Waals surface area (Å²) in [6.45, 7) is 7.19. The fourth-order valence-electron chi connectivity index (χ4n) is 4.50. The largest absolute Gasteiger partial charge is 0.356 e. The number of rotatable bonds is 10. The van der Waals surface area contributed by atoms with Crippen LogP contribution in [0.4, 0.5) is 10.3 Å². The van der Waals surface area contributed by atoms with E-state index in [1.165, 1.54) is 17.7 Å². The smallest absolute Gasteiger partial charge is 0.225 e. The van der Waals surface area contributed by atoms with E-state index < -0.39 is 0 Å². The summed E-state index contributed by atoms with van der Waals surface area (Å²) in [5.74, 6) is 0.422. The van der Waals surface area contributed by atoms with Gasteiger partial charge in [-0.1, -0.05) is 49.4 Å². The number of aromatic nitrogens is 2. The summed E-state index contributed by atoms with van der Waals surface area (Å²) in [7, 11) is 0. The molecule has 1 aliphatic heterocycles. The molecule has 0 radical (unpaired) electrons. The van der Waals surface area contributed by atoms with Crippen LogP contribution in [-0.4, -0.2) is 53.5 Å². The van der Waals surface area contributed by atoms with Gasteiger partial charge in [0.1, 0.15) is 5.82 Å². The summed E-state index contributed by atoms with van der Waals surface area (Å²) in [6.07, 6.45) is 6.26. The van der Waals surface area contributed by atoms with Gasteiger partial charge < -0.3 is 10.2 Å². The lowest BCUT2D eigenvalue weighted by atomic mass is 9.97. The molecule has 6 nitrogen and oxygen atoms in total. The van der Waals surface area contributed by atoms with E-state index in [0.29, 0.717) is 19.0 Å². The summed E-state index contributed by atoms with van der Waals surface area (Å²) in [4.78, 5) is 26.3. The normalized spacial score (nSPS) is 15.9. The highest BCUT2D eigenvalue weighted by Gasteiger charge is 2.27. The van der Waals surface area contributed by atoms with Gasteiger partial charge in [0.2, 0.25) is 11.9 Å². The van der Waals surface area contributed by atoms with E-state index in [4.69, 9.17) is 0 Å². The van der Waals surface area contributed by atoms with Crippen LogP contribution in [0.2, 0.25) is 0 Å². The Balaban J connectivity index is 1.23. The van der Waals surface area contributed by atoms with E-state index in [-0.39, 0.29) is 17.6 Å². The first-order valence-electron chi connectivity index (χ1n) is 12.5. The highest BCUT2D eigenvalue weighted by atomic mass is 19.1. The molecular weight excluding hydrogens is 441 g/mol. The quantitative estimate of drug-likeness (QED) is 0.437. The first-order valence-corrected chi connectivity index (χ1v) is 12.5. The molecule has 0 bridgehead atoms. The molecule has 35 heavy (non-hydrogen) atoms. The average molecular weight is 476 g/mol. The fourth-order valence-corrected chi connectivity index (χ4v) is 4.50. The molecule has 1 aromatic heterocycles. The third-order valence-corrected chi connectivity index (χ3v) is 6.54. The molecule has 1 amide bonds. The molecule has 3 aromatic rings. The van der Waals surface area contributed by atoms with Crippen LogP contribution in [0.25, 0.3) is 11.1 Å². The van der Waals surface area contributed by atoms with Gasteiger partial charge in [0.25, 0.3) is 0 Å². The molecular formula is C28H34FN5O. The van der Waals surface area contributed by atoms with E-state index in [1.807, 2.05) is 6.07 Å². The summed E-state index contributed by atoms with van der Waals surface area (Å²) in [5, 5.41) is 3.14. The number of halogens is 1. The lowest BCUT2D eigenvalue weighted by Crippen LogP contribution is -2.44. The minimum atomic E-state index is -0.265. The Morgan fingerprint density at radius 3 is 2.54 bits per heavy atom. The Bertz CT molecular complexity index is 1060. The van der Waals surface area contributed by atoms with E-state index in [1.54, 1.807) is 24.5 Å². The third kappa shape index (κ3) is 7.09. The first-order chi connectivity index (χ1) is 17.1. The zero-order valence-electron chi connectivity index (χ0n) is 20.4. The maximum atomic E-state index is 13.2. The van der Waals surface area contributed by atoms with Crippen molar-refractivity contribution >= 4 is 11.9 Å². The maximum Gasteiger partial charge on any atom is 0.225 e. The van der Waals surface area contributed by atoms with E-state index >= 15 is 0 Å². The fraction of sp³-hybridized carbons (Fsp3) is 0.393. The Morgan fingerprint density at radius 1 is 1.09 bits per heavy atom. The molecule has 1 aliphatic rings. The molecule has 4 rings (SSSR count). The molecule has 0 unspecified atom stereocenters. The molecule has 1 fully saturated rings. The number of anilines is 1. The van der Waals surface area contributed by atoms with Gasteiger partial charge >= 0.3 is 0 Å². The number of amides is 1. The van der Waals surface area contributed by atoms with Gasteiger partial charge in [-0.25, -0.2) is 14.4 Å². The van der Waals surface area contributed by atoms with Crippen LogP contribution in [0.1, 0.15) is 31.7 Å². The summed E-state index contributed by atoms with van der Waals surface area (Å²) in [5.41, 5.74) is 3.03. The van der Waals surface area contributed by atoms with Crippen molar-refractivity contribution in [2.45, 2.75) is 32.7 Å². The highest BCUT2D eigenvalue weighted by molar-refractivity contribution is 5.79. The van der Waals surface area contributed by atoms with Gasteiger partial charge in [0, 0.05) is 50.7 Å². The number of hydrogen-bond donors (Lipinski definition) is 1. The average Bonchev–Trinajstić information content (AvgIpc) is 2.91. The number of benzene rings is 2. The number of nitrogens with zero attached hydrogens (tertiary/aromatic N) is 4. The highest BCUT2D eigenvalue weighted by Crippen LogP contribution is 2.23. The standard InChI is InChI=1S/C28H34FN5O/c1-2-33(20-22-8-4-3-5-9-22)16-7-15-30-27(35)24-10-6-17-34(21-24)28-31-18-25(19-32-28)23-11-13-26(29)14-12-23/h3-5,8-9,11-14,18-19,24H,2,6-7,10,15-17,20-21H2,1H3,(H,30,35)/t24-/m1/s1. The van der Waals surface area contributed by atoms with Gasteiger partial charge in [-0.2, -0.15) is 0 Å². The van der Waals surface area contributed by atoms with Gasteiger partial charge in [-0.3, -0.25) is 9.69 Å². The minimum Gasteiger partial charge on any atom is -0.356 e. The van der Waals surface area contributed by atoms with Crippen molar-refractivity contribution in [2.75, 3.05) is 37.6 Å². The second-order valence-electron chi connectivity index (χ2n) is 9.06.